The van der Waals surface area contributed by atoms with Crippen LogP contribution < -0.4 is 0 Å². The number of rotatable bonds is 2. The molecular formula is C11H22N2O. The smallest absolute Gasteiger partial charge is 0.137 e. The van der Waals surface area contributed by atoms with Crippen molar-refractivity contribution in [3.63, 3.8) is 0 Å². The third-order valence-corrected chi connectivity index (χ3v) is 2.66. The summed E-state index contributed by atoms with van der Waals surface area (Å²) in [4.78, 5) is 7.73. The molecule has 0 aromatic heterocycles. The van der Waals surface area contributed by atoms with Crippen molar-refractivity contribution < 1.29 is 4.84 Å². The molecule has 0 aliphatic carbocycles. The van der Waals surface area contributed by atoms with Crippen LogP contribution in [0.15, 0.2) is 5.16 Å². The summed E-state index contributed by atoms with van der Waals surface area (Å²) < 4.78 is 0. The van der Waals surface area contributed by atoms with Crippen molar-refractivity contribution in [3.05, 3.63) is 0 Å². The van der Waals surface area contributed by atoms with Crippen molar-refractivity contribution >= 4 is 6.21 Å². The summed E-state index contributed by atoms with van der Waals surface area (Å²) in [5.41, 5.74) is 0. The van der Waals surface area contributed by atoms with Gasteiger partial charge in [0.25, 0.3) is 0 Å². The van der Waals surface area contributed by atoms with Crippen LogP contribution in [0.2, 0.25) is 0 Å². The summed E-state index contributed by atoms with van der Waals surface area (Å²) in [7, 11) is 0. The first kappa shape index (κ1) is 11.5. The van der Waals surface area contributed by atoms with Crippen molar-refractivity contribution in [2.45, 2.75) is 39.7 Å². The molecule has 1 saturated heterocycles. The number of hydrogen-bond donors (Lipinski definition) is 0. The molecule has 0 amide bonds. The van der Waals surface area contributed by atoms with E-state index in [-0.39, 0.29) is 0 Å². The minimum absolute atomic E-state index is 0.387. The predicted molar refractivity (Wildman–Crippen MR) is 59.6 cm³/mol. The Morgan fingerprint density at radius 1 is 1.50 bits per heavy atom. The molecule has 2 atom stereocenters. The maximum Gasteiger partial charge on any atom is 0.137 e. The van der Waals surface area contributed by atoms with Crippen molar-refractivity contribution in [2.75, 3.05) is 19.6 Å². The summed E-state index contributed by atoms with van der Waals surface area (Å²) in [6, 6.07) is 0. The number of nitrogens with zero attached hydrogens (tertiary/aromatic N) is 2. The lowest BCUT2D eigenvalue weighted by molar-refractivity contribution is 0.0145. The minimum Gasteiger partial charge on any atom is -0.392 e. The average molecular weight is 198 g/mol. The van der Waals surface area contributed by atoms with Crippen LogP contribution in [0.5, 0.6) is 0 Å². The van der Waals surface area contributed by atoms with Gasteiger partial charge in [-0.1, -0.05) is 25.9 Å². The highest BCUT2D eigenvalue weighted by atomic mass is 16.6. The van der Waals surface area contributed by atoms with Crippen molar-refractivity contribution in [3.8, 4) is 0 Å². The van der Waals surface area contributed by atoms with E-state index in [1.165, 1.54) is 19.5 Å². The predicted octanol–water partition coefficient (Wildman–Crippen LogP) is 2.13. The monoisotopic (exact) mass is 198 g/mol. The Morgan fingerprint density at radius 2 is 2.29 bits per heavy atom. The lowest BCUT2D eigenvalue weighted by Gasteiger charge is -2.32. The zero-order chi connectivity index (χ0) is 10.4. The van der Waals surface area contributed by atoms with Gasteiger partial charge in [0.1, 0.15) is 6.10 Å². The zero-order valence-corrected chi connectivity index (χ0v) is 9.57. The van der Waals surface area contributed by atoms with Gasteiger partial charge in [0.15, 0.2) is 0 Å². The van der Waals surface area contributed by atoms with E-state index < -0.39 is 0 Å². The van der Waals surface area contributed by atoms with E-state index in [1.807, 2.05) is 20.1 Å². The van der Waals surface area contributed by atoms with Crippen LogP contribution in [0, 0.1) is 5.92 Å². The van der Waals surface area contributed by atoms with Crippen LogP contribution in [-0.4, -0.2) is 36.9 Å². The summed E-state index contributed by atoms with van der Waals surface area (Å²) >= 11 is 0. The molecule has 3 nitrogen and oxygen atoms in total. The molecule has 0 N–H and O–H groups in total. The number of likely N-dealkylation sites (tertiary alicyclic amines) is 1. The van der Waals surface area contributed by atoms with Gasteiger partial charge in [0.2, 0.25) is 0 Å². The van der Waals surface area contributed by atoms with Gasteiger partial charge in [-0.3, -0.25) is 0 Å². The molecule has 0 saturated carbocycles. The Morgan fingerprint density at radius 3 is 3.00 bits per heavy atom. The summed E-state index contributed by atoms with van der Waals surface area (Å²) in [6.45, 7) is 9.77. The molecule has 0 aromatic rings. The standard InChI is InChI=1S/C9H16N2O.C2H6/c1-2-4-11-5-3-9-8(7-11)6-10-12-9;1-2/h6,8-9H,2-5,7H2,1H3;1-2H3. The minimum atomic E-state index is 0.387. The number of piperidine rings is 1. The van der Waals surface area contributed by atoms with Crippen LogP contribution in [-0.2, 0) is 4.84 Å². The largest absolute Gasteiger partial charge is 0.392 e. The Labute approximate surface area is 87.1 Å². The molecule has 3 heteroatoms. The topological polar surface area (TPSA) is 24.8 Å². The Kier molecular flexibility index (Phi) is 4.94. The van der Waals surface area contributed by atoms with Gasteiger partial charge < -0.3 is 9.74 Å². The van der Waals surface area contributed by atoms with Crippen LogP contribution in [0.3, 0.4) is 0 Å². The van der Waals surface area contributed by atoms with E-state index in [1.54, 1.807) is 0 Å². The lowest BCUT2D eigenvalue weighted by atomic mass is 9.96. The third kappa shape index (κ3) is 2.71. The van der Waals surface area contributed by atoms with E-state index >= 15 is 0 Å². The molecule has 0 spiro atoms. The van der Waals surface area contributed by atoms with Crippen molar-refractivity contribution in [1.82, 2.24) is 4.90 Å². The van der Waals surface area contributed by atoms with E-state index in [2.05, 4.69) is 17.0 Å². The van der Waals surface area contributed by atoms with Gasteiger partial charge in [0, 0.05) is 19.5 Å². The number of oxime groups is 1. The maximum atomic E-state index is 5.23. The van der Waals surface area contributed by atoms with Gasteiger partial charge in [-0.15, -0.1) is 0 Å². The second kappa shape index (κ2) is 6.02. The molecule has 14 heavy (non-hydrogen) atoms. The Bertz CT molecular complexity index is 182. The highest BCUT2D eigenvalue weighted by molar-refractivity contribution is 5.62. The molecule has 2 rings (SSSR count). The average Bonchev–Trinajstić information content (AvgIpc) is 2.68. The van der Waals surface area contributed by atoms with Crippen LogP contribution in [0.4, 0.5) is 0 Å². The normalized spacial score (nSPS) is 30.2. The van der Waals surface area contributed by atoms with Gasteiger partial charge in [0.05, 0.1) is 12.1 Å². The fourth-order valence-corrected chi connectivity index (χ4v) is 2.02. The van der Waals surface area contributed by atoms with Gasteiger partial charge in [-0.25, -0.2) is 0 Å². The van der Waals surface area contributed by atoms with Gasteiger partial charge >= 0.3 is 0 Å². The molecule has 0 radical (unpaired) electrons. The molecule has 82 valence electrons. The van der Waals surface area contributed by atoms with Crippen LogP contribution in [0.25, 0.3) is 0 Å². The van der Waals surface area contributed by atoms with E-state index in [9.17, 15) is 0 Å². The molecule has 2 unspecified atom stereocenters. The number of hydrogen-bond acceptors (Lipinski definition) is 3. The Balaban J connectivity index is 0.000000461. The van der Waals surface area contributed by atoms with E-state index in [4.69, 9.17) is 4.84 Å². The fourth-order valence-electron chi connectivity index (χ4n) is 2.02. The van der Waals surface area contributed by atoms with E-state index in [0.717, 1.165) is 13.0 Å². The van der Waals surface area contributed by atoms with Crippen molar-refractivity contribution in [1.29, 1.82) is 0 Å². The van der Waals surface area contributed by atoms with Gasteiger partial charge in [-0.2, -0.15) is 0 Å². The SMILES string of the molecule is CC.CCCN1CCC2ON=CC2C1. The second-order valence-corrected chi connectivity index (χ2v) is 3.65. The first-order valence-electron chi connectivity index (χ1n) is 5.82. The fraction of sp³-hybridized carbons (Fsp3) is 0.909. The molecular weight excluding hydrogens is 176 g/mol. The van der Waals surface area contributed by atoms with E-state index in [0.29, 0.717) is 12.0 Å². The highest BCUT2D eigenvalue weighted by Crippen LogP contribution is 2.22. The molecule has 0 bridgehead atoms. The van der Waals surface area contributed by atoms with Crippen molar-refractivity contribution in [2.24, 2.45) is 11.1 Å². The number of fused-ring (bicyclic) bond motifs is 1. The Hall–Kier alpha value is -0.570. The third-order valence-electron chi connectivity index (χ3n) is 2.66. The lowest BCUT2D eigenvalue weighted by Crippen LogP contribution is -2.42. The molecule has 2 heterocycles. The quantitative estimate of drug-likeness (QED) is 0.679. The van der Waals surface area contributed by atoms with Gasteiger partial charge in [-0.05, 0) is 13.0 Å². The summed E-state index contributed by atoms with van der Waals surface area (Å²) in [6.07, 6.45) is 4.74. The summed E-state index contributed by atoms with van der Waals surface area (Å²) in [5.74, 6) is 0.560. The summed E-state index contributed by atoms with van der Waals surface area (Å²) in [5, 5.41) is 3.87. The molecule has 1 fully saturated rings. The molecule has 2 aliphatic rings. The van der Waals surface area contributed by atoms with Crippen LogP contribution in [0.1, 0.15) is 33.6 Å². The molecule has 0 aromatic carbocycles. The maximum absolute atomic E-state index is 5.23. The second-order valence-electron chi connectivity index (χ2n) is 3.65. The molecule has 2 aliphatic heterocycles. The highest BCUT2D eigenvalue weighted by Gasteiger charge is 2.32. The van der Waals surface area contributed by atoms with Crippen LogP contribution >= 0.6 is 0 Å². The first-order valence-corrected chi connectivity index (χ1v) is 5.82. The first-order chi connectivity index (χ1) is 6.90. The zero-order valence-electron chi connectivity index (χ0n) is 9.57.